The van der Waals surface area contributed by atoms with Gasteiger partial charge in [0.1, 0.15) is 0 Å². The summed E-state index contributed by atoms with van der Waals surface area (Å²) >= 11 is 6.28. The van der Waals surface area contributed by atoms with Gasteiger partial charge in [0.05, 0.1) is 19.2 Å². The molecule has 2 aliphatic rings. The van der Waals surface area contributed by atoms with Crippen molar-refractivity contribution in [3.8, 4) is 23.0 Å². The minimum absolute atomic E-state index is 0.00303. The summed E-state index contributed by atoms with van der Waals surface area (Å²) in [5.41, 5.74) is 1.66. The Morgan fingerprint density at radius 2 is 1.79 bits per heavy atom. The monoisotopic (exact) mass is 418 g/mol. The number of fused-ring (bicyclic) bond motifs is 1. The number of amides is 1. The molecule has 2 aliphatic heterocycles. The average molecular weight is 419 g/mol. The Balaban J connectivity index is 1.37. The molecule has 154 valence electrons. The molecule has 1 amide bonds. The topological polar surface area (TPSA) is 60.5 Å². The van der Waals surface area contributed by atoms with Crippen LogP contribution in [0, 0.1) is 0 Å². The van der Waals surface area contributed by atoms with E-state index in [1.165, 1.54) is 0 Å². The highest BCUT2D eigenvalue weighted by Gasteiger charge is 2.24. The lowest BCUT2D eigenvalue weighted by Gasteiger charge is -2.35. The first-order valence-corrected chi connectivity index (χ1v) is 9.78. The molecule has 4 rings (SSSR count). The van der Waals surface area contributed by atoms with E-state index in [-0.39, 0.29) is 12.7 Å². The van der Waals surface area contributed by atoms with Crippen LogP contribution in [-0.4, -0.2) is 62.9 Å². The summed E-state index contributed by atoms with van der Waals surface area (Å²) in [6.45, 7) is 3.83. The van der Waals surface area contributed by atoms with E-state index in [1.54, 1.807) is 32.4 Å². The van der Waals surface area contributed by atoms with Crippen LogP contribution in [0.3, 0.4) is 0 Å². The van der Waals surface area contributed by atoms with Crippen LogP contribution >= 0.6 is 11.6 Å². The molecular formula is C21H23ClN2O5. The first-order chi connectivity index (χ1) is 14.1. The summed E-state index contributed by atoms with van der Waals surface area (Å²) in [5, 5.41) is 0.567. The molecule has 0 saturated carbocycles. The van der Waals surface area contributed by atoms with Gasteiger partial charge in [0, 0.05) is 38.3 Å². The Kier molecular flexibility index (Phi) is 5.69. The molecule has 1 fully saturated rings. The summed E-state index contributed by atoms with van der Waals surface area (Å²) < 4.78 is 21.3. The normalized spacial score (nSPS) is 16.0. The Labute approximate surface area is 174 Å². The van der Waals surface area contributed by atoms with Crippen molar-refractivity contribution in [2.24, 2.45) is 0 Å². The number of piperazine rings is 1. The third-order valence-electron chi connectivity index (χ3n) is 5.18. The van der Waals surface area contributed by atoms with Gasteiger partial charge in [0.15, 0.2) is 23.0 Å². The number of methoxy groups -OCH3 is 2. The first-order valence-electron chi connectivity index (χ1n) is 9.40. The standard InChI is InChI=1S/C21H23ClN2O5/c1-26-17-4-3-15(11-18(17)27-2)21(25)24-7-5-23(6-8-24)12-14-9-16(22)20-19(10-14)28-13-29-20/h3-4,9-11H,5-8,12-13H2,1-2H3. The molecule has 0 unspecified atom stereocenters. The maximum absolute atomic E-state index is 12.9. The highest BCUT2D eigenvalue weighted by molar-refractivity contribution is 6.32. The molecule has 0 aliphatic carbocycles. The molecule has 0 N–H and O–H groups in total. The highest BCUT2D eigenvalue weighted by Crippen LogP contribution is 2.40. The number of hydrogen-bond donors (Lipinski definition) is 0. The van der Waals surface area contributed by atoms with Crippen LogP contribution in [0.15, 0.2) is 30.3 Å². The molecule has 29 heavy (non-hydrogen) atoms. The maximum atomic E-state index is 12.9. The quantitative estimate of drug-likeness (QED) is 0.743. The summed E-state index contributed by atoms with van der Waals surface area (Å²) in [5.74, 6) is 2.46. The molecule has 2 aromatic carbocycles. The Hall–Kier alpha value is -2.64. The van der Waals surface area contributed by atoms with Crippen LogP contribution < -0.4 is 18.9 Å². The largest absolute Gasteiger partial charge is 0.493 e. The highest BCUT2D eigenvalue weighted by atomic mass is 35.5. The molecule has 2 aromatic rings. The number of rotatable bonds is 5. The fourth-order valence-corrected chi connectivity index (χ4v) is 3.92. The van der Waals surface area contributed by atoms with Gasteiger partial charge in [-0.25, -0.2) is 0 Å². The summed E-state index contributed by atoms with van der Waals surface area (Å²) in [4.78, 5) is 17.0. The van der Waals surface area contributed by atoms with E-state index in [9.17, 15) is 4.79 Å². The van der Waals surface area contributed by atoms with Gasteiger partial charge in [-0.15, -0.1) is 0 Å². The SMILES string of the molecule is COc1ccc(C(=O)N2CCN(Cc3cc(Cl)c4c(c3)OCO4)CC2)cc1OC. The van der Waals surface area contributed by atoms with Gasteiger partial charge in [-0.2, -0.15) is 0 Å². The van der Waals surface area contributed by atoms with Gasteiger partial charge < -0.3 is 23.8 Å². The van der Waals surface area contributed by atoms with E-state index in [0.29, 0.717) is 46.7 Å². The lowest BCUT2D eigenvalue weighted by Crippen LogP contribution is -2.48. The van der Waals surface area contributed by atoms with Gasteiger partial charge in [-0.1, -0.05) is 11.6 Å². The number of carbonyl (C=O) groups is 1. The second kappa shape index (κ2) is 8.39. The van der Waals surface area contributed by atoms with Crippen LogP contribution in [0.25, 0.3) is 0 Å². The zero-order valence-corrected chi connectivity index (χ0v) is 17.2. The van der Waals surface area contributed by atoms with E-state index in [0.717, 1.165) is 25.2 Å². The summed E-state index contributed by atoms with van der Waals surface area (Å²) in [6.07, 6.45) is 0. The van der Waals surface area contributed by atoms with Gasteiger partial charge in [0.2, 0.25) is 6.79 Å². The fourth-order valence-electron chi connectivity index (χ4n) is 3.63. The van der Waals surface area contributed by atoms with Crippen LogP contribution in [0.2, 0.25) is 5.02 Å². The maximum Gasteiger partial charge on any atom is 0.254 e. The number of ether oxygens (including phenoxy) is 4. The molecule has 0 spiro atoms. The summed E-state index contributed by atoms with van der Waals surface area (Å²) in [7, 11) is 3.14. The van der Waals surface area contributed by atoms with Gasteiger partial charge >= 0.3 is 0 Å². The molecule has 0 atom stereocenters. The van der Waals surface area contributed by atoms with E-state index < -0.39 is 0 Å². The lowest BCUT2D eigenvalue weighted by atomic mass is 10.1. The number of hydrogen-bond acceptors (Lipinski definition) is 6. The van der Waals surface area contributed by atoms with Crippen molar-refractivity contribution in [2.75, 3.05) is 47.2 Å². The van der Waals surface area contributed by atoms with Crippen molar-refractivity contribution in [3.05, 3.63) is 46.5 Å². The minimum atomic E-state index is -0.00303. The molecule has 1 saturated heterocycles. The second-order valence-electron chi connectivity index (χ2n) is 6.95. The third kappa shape index (κ3) is 4.06. The molecule has 0 bridgehead atoms. The predicted octanol–water partition coefficient (Wildman–Crippen LogP) is 3.04. The van der Waals surface area contributed by atoms with Gasteiger partial charge in [-0.3, -0.25) is 9.69 Å². The van der Waals surface area contributed by atoms with E-state index >= 15 is 0 Å². The second-order valence-corrected chi connectivity index (χ2v) is 7.36. The fraction of sp³-hybridized carbons (Fsp3) is 0.381. The van der Waals surface area contributed by atoms with Crippen molar-refractivity contribution < 1.29 is 23.7 Å². The molecule has 0 radical (unpaired) electrons. The molecule has 8 heteroatoms. The zero-order chi connectivity index (χ0) is 20.4. The minimum Gasteiger partial charge on any atom is -0.493 e. The van der Waals surface area contributed by atoms with Crippen molar-refractivity contribution in [3.63, 3.8) is 0 Å². The van der Waals surface area contributed by atoms with E-state index in [2.05, 4.69) is 4.90 Å². The lowest BCUT2D eigenvalue weighted by molar-refractivity contribution is 0.0628. The van der Waals surface area contributed by atoms with Crippen LogP contribution in [0.1, 0.15) is 15.9 Å². The van der Waals surface area contributed by atoms with E-state index in [4.69, 9.17) is 30.5 Å². The average Bonchev–Trinajstić information content (AvgIpc) is 3.22. The van der Waals surface area contributed by atoms with Crippen molar-refractivity contribution >= 4 is 17.5 Å². The third-order valence-corrected chi connectivity index (χ3v) is 5.46. The predicted molar refractivity (Wildman–Crippen MR) is 108 cm³/mol. The van der Waals surface area contributed by atoms with Crippen molar-refractivity contribution in [2.45, 2.75) is 6.54 Å². The van der Waals surface area contributed by atoms with Crippen LogP contribution in [-0.2, 0) is 6.54 Å². The number of halogens is 1. The Morgan fingerprint density at radius 1 is 1.03 bits per heavy atom. The van der Waals surface area contributed by atoms with Gasteiger partial charge in [0.25, 0.3) is 5.91 Å². The number of carbonyl (C=O) groups excluding carboxylic acids is 1. The van der Waals surface area contributed by atoms with Crippen molar-refractivity contribution in [1.82, 2.24) is 9.80 Å². The molecule has 7 nitrogen and oxygen atoms in total. The Bertz CT molecular complexity index is 912. The van der Waals surface area contributed by atoms with Crippen molar-refractivity contribution in [1.29, 1.82) is 0 Å². The molecular weight excluding hydrogens is 396 g/mol. The van der Waals surface area contributed by atoms with Gasteiger partial charge in [-0.05, 0) is 35.9 Å². The molecule has 2 heterocycles. The smallest absolute Gasteiger partial charge is 0.254 e. The van der Waals surface area contributed by atoms with Crippen LogP contribution in [0.5, 0.6) is 23.0 Å². The Morgan fingerprint density at radius 3 is 2.52 bits per heavy atom. The summed E-state index contributed by atoms with van der Waals surface area (Å²) in [6, 6.07) is 9.13. The number of nitrogens with zero attached hydrogens (tertiary/aromatic N) is 2. The first kappa shape index (κ1) is 19.7. The molecule has 0 aromatic heterocycles. The van der Waals surface area contributed by atoms with E-state index in [1.807, 2.05) is 17.0 Å². The number of benzene rings is 2. The van der Waals surface area contributed by atoms with Crippen LogP contribution in [0.4, 0.5) is 0 Å². The zero-order valence-electron chi connectivity index (χ0n) is 16.4.